The molecule has 0 aliphatic carbocycles. The van der Waals surface area contributed by atoms with Gasteiger partial charge in [0.05, 0.1) is 25.9 Å². The number of ether oxygens (including phenoxy) is 3. The van der Waals surface area contributed by atoms with Crippen LogP contribution in [0, 0.1) is 0 Å². The molecule has 0 heterocycles. The molecular formula is C21H28N2O8. The Morgan fingerprint density at radius 1 is 0.871 bits per heavy atom. The zero-order valence-corrected chi connectivity index (χ0v) is 18.2. The van der Waals surface area contributed by atoms with Crippen LogP contribution in [0.2, 0.25) is 0 Å². The van der Waals surface area contributed by atoms with Crippen LogP contribution in [0.1, 0.15) is 33.6 Å². The molecule has 31 heavy (non-hydrogen) atoms. The minimum atomic E-state index is -0.640. The van der Waals surface area contributed by atoms with E-state index in [-0.39, 0.29) is 56.6 Å². The van der Waals surface area contributed by atoms with Gasteiger partial charge in [0.25, 0.3) is 0 Å². The lowest BCUT2D eigenvalue weighted by Crippen LogP contribution is -2.33. The van der Waals surface area contributed by atoms with Crippen molar-refractivity contribution in [3.05, 3.63) is 18.2 Å². The van der Waals surface area contributed by atoms with E-state index in [9.17, 15) is 24.0 Å². The average Bonchev–Trinajstić information content (AvgIpc) is 2.65. The average molecular weight is 436 g/mol. The first kappa shape index (κ1) is 25.6. The molecule has 0 bridgehead atoms. The summed E-state index contributed by atoms with van der Waals surface area (Å²) in [4.78, 5) is 58.5. The zero-order valence-electron chi connectivity index (χ0n) is 18.2. The first-order valence-electron chi connectivity index (χ1n) is 9.63. The highest BCUT2D eigenvalue weighted by Crippen LogP contribution is 2.31. The van der Waals surface area contributed by atoms with Crippen molar-refractivity contribution in [3.8, 4) is 5.75 Å². The van der Waals surface area contributed by atoms with Crippen molar-refractivity contribution in [1.82, 2.24) is 0 Å². The number of amides is 1. The van der Waals surface area contributed by atoms with Gasteiger partial charge in [-0.1, -0.05) is 0 Å². The molecule has 0 unspecified atom stereocenters. The molecule has 0 atom stereocenters. The van der Waals surface area contributed by atoms with Gasteiger partial charge in [0.2, 0.25) is 5.91 Å². The van der Waals surface area contributed by atoms with E-state index in [1.54, 1.807) is 23.1 Å². The quantitative estimate of drug-likeness (QED) is 0.361. The lowest BCUT2D eigenvalue weighted by Gasteiger charge is -2.26. The highest BCUT2D eigenvalue weighted by molar-refractivity contribution is 5.94. The second-order valence-corrected chi connectivity index (χ2v) is 6.75. The number of anilines is 2. The molecule has 170 valence electrons. The summed E-state index contributed by atoms with van der Waals surface area (Å²) in [7, 11) is 1.48. The van der Waals surface area contributed by atoms with Gasteiger partial charge in [0, 0.05) is 12.6 Å². The van der Waals surface area contributed by atoms with Gasteiger partial charge < -0.3 is 24.4 Å². The molecule has 0 spiro atoms. The summed E-state index contributed by atoms with van der Waals surface area (Å²) < 4.78 is 15.6. The Bertz CT molecular complexity index is 788. The molecule has 0 aliphatic rings. The third kappa shape index (κ3) is 10.2. The van der Waals surface area contributed by atoms with Crippen molar-refractivity contribution in [2.75, 3.05) is 43.6 Å². The fourth-order valence-corrected chi connectivity index (χ4v) is 2.62. The third-order valence-corrected chi connectivity index (χ3v) is 3.87. The Morgan fingerprint density at radius 2 is 1.39 bits per heavy atom. The molecule has 1 rings (SSSR count). The van der Waals surface area contributed by atoms with Gasteiger partial charge in [-0.2, -0.15) is 0 Å². The largest absolute Gasteiger partial charge is 0.495 e. The van der Waals surface area contributed by atoms with E-state index >= 15 is 0 Å². The summed E-state index contributed by atoms with van der Waals surface area (Å²) in [5.74, 6) is -1.65. The first-order chi connectivity index (χ1) is 14.6. The van der Waals surface area contributed by atoms with Crippen LogP contribution in [0.25, 0.3) is 0 Å². The number of Topliss-reactive ketones (excluding diaryl/α,β-unsaturated/α-hetero) is 2. The van der Waals surface area contributed by atoms with E-state index in [1.807, 2.05) is 0 Å². The number of ketones is 2. The predicted octanol–water partition coefficient (Wildman–Crippen LogP) is 1.50. The second kappa shape index (κ2) is 13.0. The van der Waals surface area contributed by atoms with Gasteiger partial charge in [-0.3, -0.25) is 24.0 Å². The number of rotatable bonds is 13. The second-order valence-electron chi connectivity index (χ2n) is 6.75. The van der Waals surface area contributed by atoms with Crippen LogP contribution in [0.3, 0.4) is 0 Å². The summed E-state index contributed by atoms with van der Waals surface area (Å²) in [6.07, 6.45) is -0.631. The van der Waals surface area contributed by atoms with Crippen LogP contribution in [-0.4, -0.2) is 62.8 Å². The molecule has 10 nitrogen and oxygen atoms in total. The lowest BCUT2D eigenvalue weighted by molar-refractivity contribution is -0.146. The molecule has 1 N–H and O–H groups in total. The number of hydrogen-bond acceptors (Lipinski definition) is 9. The number of benzene rings is 1. The van der Waals surface area contributed by atoms with E-state index in [2.05, 4.69) is 5.32 Å². The van der Waals surface area contributed by atoms with Gasteiger partial charge in [0.1, 0.15) is 43.4 Å². The molecule has 1 aromatic rings. The molecule has 0 fully saturated rings. The normalized spacial score (nSPS) is 10.1. The molecular weight excluding hydrogens is 408 g/mol. The van der Waals surface area contributed by atoms with Crippen LogP contribution in [0.4, 0.5) is 11.4 Å². The van der Waals surface area contributed by atoms with Crippen LogP contribution in [0.15, 0.2) is 18.2 Å². The minimum absolute atomic E-state index is 0.0268. The van der Waals surface area contributed by atoms with E-state index in [1.165, 1.54) is 27.9 Å². The summed E-state index contributed by atoms with van der Waals surface area (Å²) in [6, 6.07) is 5.01. The number of carbonyl (C=O) groups excluding carboxylic acids is 5. The standard InChI is InChI=1S/C21H28N2O8/c1-14(24)11-20(27)30-9-7-23(8-10-31-21(28)12-15(2)25)18-13-17(22-16(3)26)5-6-19(18)29-4/h5-6,13H,7-12H2,1-4H3,(H,22,26). The molecule has 0 saturated carbocycles. The fraction of sp³-hybridized carbons (Fsp3) is 0.476. The Kier molecular flexibility index (Phi) is 10.7. The first-order valence-corrected chi connectivity index (χ1v) is 9.63. The number of esters is 2. The van der Waals surface area contributed by atoms with Crippen molar-refractivity contribution in [2.45, 2.75) is 33.6 Å². The van der Waals surface area contributed by atoms with E-state index < -0.39 is 11.9 Å². The predicted molar refractivity (Wildman–Crippen MR) is 112 cm³/mol. The molecule has 1 amide bonds. The summed E-state index contributed by atoms with van der Waals surface area (Å²) in [6.45, 7) is 4.32. The zero-order chi connectivity index (χ0) is 23.4. The van der Waals surface area contributed by atoms with Gasteiger partial charge in [-0.25, -0.2) is 0 Å². The molecule has 10 heteroatoms. The van der Waals surface area contributed by atoms with Crippen molar-refractivity contribution < 1.29 is 38.2 Å². The highest BCUT2D eigenvalue weighted by Gasteiger charge is 2.16. The lowest BCUT2D eigenvalue weighted by atomic mass is 10.2. The Morgan fingerprint density at radius 3 is 1.81 bits per heavy atom. The van der Waals surface area contributed by atoms with Crippen LogP contribution in [-0.2, 0) is 33.4 Å². The van der Waals surface area contributed by atoms with Crippen LogP contribution < -0.4 is 15.0 Å². The maximum absolute atomic E-state index is 11.6. The maximum Gasteiger partial charge on any atom is 0.313 e. The van der Waals surface area contributed by atoms with Crippen molar-refractivity contribution in [3.63, 3.8) is 0 Å². The number of nitrogens with zero attached hydrogens (tertiary/aromatic N) is 1. The highest BCUT2D eigenvalue weighted by atomic mass is 16.5. The van der Waals surface area contributed by atoms with Gasteiger partial charge >= 0.3 is 11.9 Å². The monoisotopic (exact) mass is 436 g/mol. The summed E-state index contributed by atoms with van der Waals surface area (Å²) in [5.41, 5.74) is 1.09. The summed E-state index contributed by atoms with van der Waals surface area (Å²) >= 11 is 0. The van der Waals surface area contributed by atoms with E-state index in [4.69, 9.17) is 14.2 Å². The number of hydrogen-bond donors (Lipinski definition) is 1. The van der Waals surface area contributed by atoms with E-state index in [0.29, 0.717) is 17.1 Å². The Hall–Kier alpha value is -3.43. The van der Waals surface area contributed by atoms with Crippen LogP contribution in [0.5, 0.6) is 5.75 Å². The molecule has 0 aliphatic heterocycles. The minimum Gasteiger partial charge on any atom is -0.495 e. The number of methoxy groups -OCH3 is 1. The van der Waals surface area contributed by atoms with Crippen molar-refractivity contribution in [1.29, 1.82) is 0 Å². The molecule has 0 radical (unpaired) electrons. The maximum atomic E-state index is 11.6. The van der Waals surface area contributed by atoms with E-state index in [0.717, 1.165) is 0 Å². The van der Waals surface area contributed by atoms with Crippen molar-refractivity contribution in [2.24, 2.45) is 0 Å². The van der Waals surface area contributed by atoms with Crippen molar-refractivity contribution >= 4 is 40.8 Å². The van der Waals surface area contributed by atoms with Gasteiger partial charge in [0.15, 0.2) is 0 Å². The van der Waals surface area contributed by atoms with Gasteiger partial charge in [-0.15, -0.1) is 0 Å². The summed E-state index contributed by atoms with van der Waals surface area (Å²) in [5, 5.41) is 2.68. The molecule has 0 aromatic heterocycles. The Labute approximate surface area is 180 Å². The smallest absolute Gasteiger partial charge is 0.313 e. The Balaban J connectivity index is 2.95. The topological polar surface area (TPSA) is 128 Å². The molecule has 1 aromatic carbocycles. The molecule has 0 saturated heterocycles. The van der Waals surface area contributed by atoms with Crippen LogP contribution >= 0.6 is 0 Å². The fourth-order valence-electron chi connectivity index (χ4n) is 2.62. The van der Waals surface area contributed by atoms with Gasteiger partial charge in [-0.05, 0) is 32.0 Å². The SMILES string of the molecule is COc1ccc(NC(C)=O)cc1N(CCOC(=O)CC(C)=O)CCOC(=O)CC(C)=O. The number of carbonyl (C=O) groups is 5. The number of nitrogens with one attached hydrogen (secondary N) is 1. The third-order valence-electron chi connectivity index (χ3n) is 3.87.